The van der Waals surface area contributed by atoms with Gasteiger partial charge in [0.15, 0.2) is 0 Å². The monoisotopic (exact) mass is 815 g/mol. The van der Waals surface area contributed by atoms with Crippen molar-refractivity contribution in [1.82, 2.24) is 0 Å². The number of fused-ring (bicyclic) bond motifs is 9. The van der Waals surface area contributed by atoms with Crippen LogP contribution in [0.1, 0.15) is 44.5 Å². The van der Waals surface area contributed by atoms with Gasteiger partial charge < -0.3 is 9.32 Å². The molecule has 10 aromatic carbocycles. The van der Waals surface area contributed by atoms with Gasteiger partial charge in [-0.25, -0.2) is 0 Å². The van der Waals surface area contributed by atoms with Gasteiger partial charge in [0.2, 0.25) is 0 Å². The number of hydrogen-bond acceptors (Lipinski definition) is 2. The van der Waals surface area contributed by atoms with Crippen LogP contribution in [-0.4, -0.2) is 0 Å². The molecule has 0 fully saturated rings. The minimum atomic E-state index is -0.545. The summed E-state index contributed by atoms with van der Waals surface area (Å²) in [6.45, 7) is 0. The molecule has 0 unspecified atom stereocenters. The smallest absolute Gasteiger partial charge is 0.135 e. The molecule has 11 aromatic rings. The fourth-order valence-electron chi connectivity index (χ4n) is 11.4. The van der Waals surface area contributed by atoms with Gasteiger partial charge in [-0.3, -0.25) is 0 Å². The van der Waals surface area contributed by atoms with E-state index in [4.69, 9.17) is 4.42 Å². The Hall–Kier alpha value is -8.20. The molecule has 0 radical (unpaired) electrons. The third kappa shape index (κ3) is 5.08. The molecule has 0 bridgehead atoms. The maximum absolute atomic E-state index is 6.42. The van der Waals surface area contributed by atoms with E-state index >= 15 is 0 Å². The molecular formula is C62H41NO. The Morgan fingerprint density at radius 1 is 0.266 bits per heavy atom. The van der Waals surface area contributed by atoms with E-state index in [0.717, 1.165) is 39.0 Å². The zero-order chi connectivity index (χ0) is 42.2. The highest BCUT2D eigenvalue weighted by molar-refractivity contribution is 6.07. The molecule has 300 valence electrons. The van der Waals surface area contributed by atoms with Crippen molar-refractivity contribution in [2.24, 2.45) is 0 Å². The van der Waals surface area contributed by atoms with Crippen LogP contribution in [0, 0.1) is 0 Å². The lowest BCUT2D eigenvalue weighted by Crippen LogP contribution is -2.29. The van der Waals surface area contributed by atoms with Crippen molar-refractivity contribution in [3.8, 4) is 22.3 Å². The largest absolute Gasteiger partial charge is 0.456 e. The van der Waals surface area contributed by atoms with E-state index in [9.17, 15) is 0 Å². The van der Waals surface area contributed by atoms with E-state index in [0.29, 0.717) is 0 Å². The summed E-state index contributed by atoms with van der Waals surface area (Å²) in [6, 6.07) is 91.6. The number of furan rings is 1. The molecule has 1 heterocycles. The van der Waals surface area contributed by atoms with Crippen molar-refractivity contribution >= 4 is 39.0 Å². The standard InChI is InChI=1S/C62H41NO/c1-5-19-42(20-6-1)61(43-21-7-2-8-22-43)55-30-16-13-27-49(55)51-36-33-47(40-57(51)61)63(46-35-38-60-54(39-46)53-29-15-18-32-59(53)64-60)48-34-37-52-50-28-14-17-31-56(50)62(58(52)41-48,44-23-9-3-10-24-44)45-25-11-4-12-26-45/h1-41H. The van der Waals surface area contributed by atoms with E-state index < -0.39 is 10.8 Å². The summed E-state index contributed by atoms with van der Waals surface area (Å²) in [5.41, 5.74) is 19.0. The maximum atomic E-state index is 6.42. The fraction of sp³-hybridized carbons (Fsp3) is 0.0323. The lowest BCUT2D eigenvalue weighted by molar-refractivity contribution is 0.669. The van der Waals surface area contributed by atoms with Crippen molar-refractivity contribution in [2.75, 3.05) is 4.90 Å². The highest BCUT2D eigenvalue weighted by atomic mass is 16.3. The van der Waals surface area contributed by atoms with Crippen LogP contribution in [0.15, 0.2) is 253 Å². The lowest BCUT2D eigenvalue weighted by Gasteiger charge is -2.36. The third-order valence-corrected chi connectivity index (χ3v) is 14.0. The highest BCUT2D eigenvalue weighted by Crippen LogP contribution is 2.59. The number of para-hydroxylation sites is 1. The quantitative estimate of drug-likeness (QED) is 0.159. The van der Waals surface area contributed by atoms with Crippen molar-refractivity contribution in [3.63, 3.8) is 0 Å². The second kappa shape index (κ2) is 14.2. The molecule has 0 atom stereocenters. The van der Waals surface area contributed by atoms with Crippen LogP contribution in [0.4, 0.5) is 17.1 Å². The normalized spacial score (nSPS) is 13.9. The summed E-state index contributed by atoms with van der Waals surface area (Å²) in [6.07, 6.45) is 0. The second-order valence-corrected chi connectivity index (χ2v) is 17.1. The summed E-state index contributed by atoms with van der Waals surface area (Å²) in [7, 11) is 0. The SMILES string of the molecule is c1ccc(C2(c3ccccc3)c3ccccc3-c3ccc(N(c4ccc5c(c4)C(c4ccccc4)(c4ccccc4)c4ccccc4-5)c4ccc5oc6ccccc6c5c4)cc32)cc1. The molecule has 2 aliphatic rings. The van der Waals surface area contributed by atoms with Crippen molar-refractivity contribution < 1.29 is 4.42 Å². The van der Waals surface area contributed by atoms with E-state index in [-0.39, 0.29) is 0 Å². The lowest BCUT2D eigenvalue weighted by atomic mass is 9.67. The van der Waals surface area contributed by atoms with Crippen molar-refractivity contribution in [2.45, 2.75) is 10.8 Å². The first-order valence-corrected chi connectivity index (χ1v) is 22.2. The number of anilines is 3. The molecule has 0 aliphatic heterocycles. The molecule has 0 N–H and O–H groups in total. The van der Waals surface area contributed by atoms with Gasteiger partial charge in [0.25, 0.3) is 0 Å². The summed E-state index contributed by atoms with van der Waals surface area (Å²) in [4.78, 5) is 2.47. The minimum Gasteiger partial charge on any atom is -0.456 e. The Labute approximate surface area is 373 Å². The molecule has 2 heteroatoms. The molecule has 13 rings (SSSR count). The van der Waals surface area contributed by atoms with E-state index in [1.807, 2.05) is 6.07 Å². The van der Waals surface area contributed by atoms with E-state index in [1.54, 1.807) is 0 Å². The Balaban J connectivity index is 1.11. The highest BCUT2D eigenvalue weighted by Gasteiger charge is 2.48. The Morgan fingerprint density at radius 3 is 1.11 bits per heavy atom. The zero-order valence-corrected chi connectivity index (χ0v) is 35.0. The van der Waals surface area contributed by atoms with Gasteiger partial charge in [-0.15, -0.1) is 0 Å². The van der Waals surface area contributed by atoms with Crippen LogP contribution in [0.25, 0.3) is 44.2 Å². The maximum Gasteiger partial charge on any atom is 0.135 e. The van der Waals surface area contributed by atoms with Crippen LogP contribution in [0.3, 0.4) is 0 Å². The van der Waals surface area contributed by atoms with Crippen LogP contribution < -0.4 is 4.90 Å². The van der Waals surface area contributed by atoms with Crippen LogP contribution in [-0.2, 0) is 10.8 Å². The number of nitrogens with zero attached hydrogens (tertiary/aromatic N) is 1. The molecule has 1 aromatic heterocycles. The summed E-state index contributed by atoms with van der Waals surface area (Å²) in [5, 5.41) is 2.19. The Bertz CT molecular complexity index is 3290. The molecule has 0 amide bonds. The number of rotatable bonds is 7. The van der Waals surface area contributed by atoms with E-state index in [2.05, 4.69) is 248 Å². The molecule has 2 aliphatic carbocycles. The molecule has 64 heavy (non-hydrogen) atoms. The molecular weight excluding hydrogens is 775 g/mol. The average molecular weight is 816 g/mol. The van der Waals surface area contributed by atoms with Crippen LogP contribution in [0.2, 0.25) is 0 Å². The molecule has 0 saturated carbocycles. The average Bonchev–Trinajstić information content (AvgIpc) is 4.00. The number of hydrogen-bond donors (Lipinski definition) is 0. The summed E-state index contributed by atoms with van der Waals surface area (Å²) in [5.74, 6) is 0. The van der Waals surface area contributed by atoms with Gasteiger partial charge in [-0.05, 0) is 115 Å². The van der Waals surface area contributed by atoms with Crippen LogP contribution in [0.5, 0.6) is 0 Å². The number of benzene rings is 10. The summed E-state index contributed by atoms with van der Waals surface area (Å²) < 4.78 is 6.42. The van der Waals surface area contributed by atoms with Crippen molar-refractivity contribution in [1.29, 1.82) is 0 Å². The fourth-order valence-corrected chi connectivity index (χ4v) is 11.4. The third-order valence-electron chi connectivity index (χ3n) is 14.0. The Kier molecular flexibility index (Phi) is 8.07. The minimum absolute atomic E-state index is 0.545. The van der Waals surface area contributed by atoms with Gasteiger partial charge >= 0.3 is 0 Å². The predicted octanol–water partition coefficient (Wildman–Crippen LogP) is 15.8. The molecule has 2 nitrogen and oxygen atoms in total. The topological polar surface area (TPSA) is 16.4 Å². The summed E-state index contributed by atoms with van der Waals surface area (Å²) >= 11 is 0. The molecule has 0 spiro atoms. The van der Waals surface area contributed by atoms with Gasteiger partial charge in [0.1, 0.15) is 11.2 Å². The van der Waals surface area contributed by atoms with Gasteiger partial charge in [-0.2, -0.15) is 0 Å². The van der Waals surface area contributed by atoms with Gasteiger partial charge in [-0.1, -0.05) is 200 Å². The van der Waals surface area contributed by atoms with Crippen LogP contribution >= 0.6 is 0 Å². The second-order valence-electron chi connectivity index (χ2n) is 17.1. The first-order valence-electron chi connectivity index (χ1n) is 22.2. The van der Waals surface area contributed by atoms with Gasteiger partial charge in [0, 0.05) is 27.8 Å². The van der Waals surface area contributed by atoms with Gasteiger partial charge in [0.05, 0.1) is 10.8 Å². The zero-order valence-electron chi connectivity index (χ0n) is 35.0. The van der Waals surface area contributed by atoms with E-state index in [1.165, 1.54) is 66.8 Å². The van der Waals surface area contributed by atoms with Crippen molar-refractivity contribution in [3.05, 3.63) is 293 Å². The molecule has 0 saturated heterocycles. The first-order chi connectivity index (χ1) is 31.7. The Morgan fingerprint density at radius 2 is 0.625 bits per heavy atom. The predicted molar refractivity (Wildman–Crippen MR) is 263 cm³/mol. The first kappa shape index (κ1) is 36.5.